The lowest BCUT2D eigenvalue weighted by atomic mass is 10.1. The lowest BCUT2D eigenvalue weighted by Crippen LogP contribution is -2.15. The second-order valence-corrected chi connectivity index (χ2v) is 4.93. The summed E-state index contributed by atoms with van der Waals surface area (Å²) in [6.07, 6.45) is 0. The Labute approximate surface area is 88.0 Å². The molecule has 14 heavy (non-hydrogen) atoms. The maximum Gasteiger partial charge on any atom is 0.213 e. The van der Waals surface area contributed by atoms with Crippen molar-refractivity contribution in [1.82, 2.24) is 0 Å². The standard InChI is InChI=1S/C8H10N2O2S2/c9-8(13)7-3-1-2-6(4-7)5-14(10,11)12/h1-4H,5H2,(H2,9,13)(H2,10,11,12). The molecule has 1 aromatic carbocycles. The molecule has 0 heterocycles. The van der Waals surface area contributed by atoms with Crippen LogP contribution in [0, 0.1) is 0 Å². The van der Waals surface area contributed by atoms with E-state index in [1.807, 2.05) is 0 Å². The maximum atomic E-state index is 10.8. The molecule has 1 rings (SSSR count). The van der Waals surface area contributed by atoms with Gasteiger partial charge in [0.15, 0.2) is 0 Å². The van der Waals surface area contributed by atoms with Crippen molar-refractivity contribution in [2.24, 2.45) is 10.9 Å². The highest BCUT2D eigenvalue weighted by atomic mass is 32.2. The van der Waals surface area contributed by atoms with Crippen LogP contribution in [0.2, 0.25) is 0 Å². The van der Waals surface area contributed by atoms with E-state index in [0.717, 1.165) is 0 Å². The number of rotatable bonds is 3. The minimum absolute atomic E-state index is 0.205. The van der Waals surface area contributed by atoms with Gasteiger partial charge in [-0.15, -0.1) is 0 Å². The van der Waals surface area contributed by atoms with Gasteiger partial charge >= 0.3 is 0 Å². The van der Waals surface area contributed by atoms with Crippen LogP contribution in [-0.4, -0.2) is 13.4 Å². The number of primary sulfonamides is 1. The zero-order chi connectivity index (χ0) is 10.8. The summed E-state index contributed by atoms with van der Waals surface area (Å²) in [5.41, 5.74) is 6.62. The smallest absolute Gasteiger partial charge is 0.213 e. The van der Waals surface area contributed by atoms with E-state index in [4.69, 9.17) is 23.1 Å². The molecule has 0 amide bonds. The average molecular weight is 230 g/mol. The van der Waals surface area contributed by atoms with E-state index in [1.54, 1.807) is 24.3 Å². The summed E-state index contributed by atoms with van der Waals surface area (Å²) >= 11 is 4.76. The van der Waals surface area contributed by atoms with Crippen molar-refractivity contribution in [2.75, 3.05) is 0 Å². The van der Waals surface area contributed by atoms with Crippen LogP contribution in [0.5, 0.6) is 0 Å². The zero-order valence-electron chi connectivity index (χ0n) is 7.30. The summed E-state index contributed by atoms with van der Waals surface area (Å²) in [7, 11) is -3.50. The Morgan fingerprint density at radius 1 is 1.43 bits per heavy atom. The van der Waals surface area contributed by atoms with Gasteiger partial charge < -0.3 is 5.73 Å². The third kappa shape index (κ3) is 3.41. The highest BCUT2D eigenvalue weighted by molar-refractivity contribution is 7.88. The SMILES string of the molecule is NC(=S)c1cccc(CS(N)(=O)=O)c1. The van der Waals surface area contributed by atoms with E-state index in [2.05, 4.69) is 0 Å². The molecule has 0 atom stereocenters. The van der Waals surface area contributed by atoms with Gasteiger partial charge in [0, 0.05) is 5.56 Å². The number of benzene rings is 1. The van der Waals surface area contributed by atoms with Gasteiger partial charge in [-0.1, -0.05) is 30.4 Å². The number of thiocarbonyl (C=S) groups is 1. The van der Waals surface area contributed by atoms with Crippen molar-refractivity contribution < 1.29 is 8.42 Å². The Kier molecular flexibility index (Phi) is 3.20. The molecule has 0 spiro atoms. The summed E-state index contributed by atoms with van der Waals surface area (Å²) in [5.74, 6) is -0.205. The maximum absolute atomic E-state index is 10.8. The second-order valence-electron chi connectivity index (χ2n) is 2.87. The first-order chi connectivity index (χ1) is 6.38. The van der Waals surface area contributed by atoms with E-state index in [-0.39, 0.29) is 10.7 Å². The Bertz CT molecular complexity index is 454. The lowest BCUT2D eigenvalue weighted by Gasteiger charge is -2.02. The van der Waals surface area contributed by atoms with Gasteiger partial charge in [0.25, 0.3) is 0 Å². The third-order valence-corrected chi connectivity index (χ3v) is 2.55. The minimum atomic E-state index is -3.50. The second kappa shape index (κ2) is 4.04. The Balaban J connectivity index is 3.01. The van der Waals surface area contributed by atoms with Crippen LogP contribution >= 0.6 is 12.2 Å². The van der Waals surface area contributed by atoms with Crippen molar-refractivity contribution in [3.05, 3.63) is 35.4 Å². The fourth-order valence-electron chi connectivity index (χ4n) is 1.05. The summed E-state index contributed by atoms with van der Waals surface area (Å²) < 4.78 is 21.6. The summed E-state index contributed by atoms with van der Waals surface area (Å²) in [6.45, 7) is 0. The summed E-state index contributed by atoms with van der Waals surface area (Å²) in [5, 5.41) is 4.90. The van der Waals surface area contributed by atoms with Crippen LogP contribution in [0.3, 0.4) is 0 Å². The molecule has 0 aliphatic heterocycles. The predicted molar refractivity (Wildman–Crippen MR) is 59.1 cm³/mol. The van der Waals surface area contributed by atoms with E-state index in [9.17, 15) is 8.42 Å². The molecule has 0 radical (unpaired) electrons. The fourth-order valence-corrected chi connectivity index (χ4v) is 1.82. The Hall–Kier alpha value is -0.980. The average Bonchev–Trinajstić information content (AvgIpc) is 2.01. The molecular formula is C8H10N2O2S2. The molecule has 76 valence electrons. The molecule has 0 fully saturated rings. The monoisotopic (exact) mass is 230 g/mol. The Morgan fingerprint density at radius 3 is 2.57 bits per heavy atom. The van der Waals surface area contributed by atoms with Gasteiger partial charge in [0.1, 0.15) is 4.99 Å². The molecule has 0 bridgehead atoms. The molecule has 0 unspecified atom stereocenters. The first-order valence-electron chi connectivity index (χ1n) is 3.78. The topological polar surface area (TPSA) is 86.2 Å². The van der Waals surface area contributed by atoms with E-state index in [1.165, 1.54) is 0 Å². The minimum Gasteiger partial charge on any atom is -0.389 e. The number of hydrogen-bond acceptors (Lipinski definition) is 3. The summed E-state index contributed by atoms with van der Waals surface area (Å²) in [6, 6.07) is 6.68. The van der Waals surface area contributed by atoms with Gasteiger partial charge in [-0.25, -0.2) is 13.6 Å². The highest BCUT2D eigenvalue weighted by Gasteiger charge is 2.05. The molecule has 0 aliphatic carbocycles. The number of sulfonamides is 1. The van der Waals surface area contributed by atoms with Crippen LogP contribution in [0.1, 0.15) is 11.1 Å². The van der Waals surface area contributed by atoms with Gasteiger partial charge in [-0.05, 0) is 11.6 Å². The first kappa shape index (κ1) is 11.1. The van der Waals surface area contributed by atoms with Gasteiger partial charge in [-0.2, -0.15) is 0 Å². The molecule has 1 aromatic rings. The molecular weight excluding hydrogens is 220 g/mol. The third-order valence-electron chi connectivity index (χ3n) is 1.58. The highest BCUT2D eigenvalue weighted by Crippen LogP contribution is 2.07. The predicted octanol–water partition coefficient (Wildman–Crippen LogP) is 0.109. The van der Waals surface area contributed by atoms with Crippen LogP contribution in [0.25, 0.3) is 0 Å². The zero-order valence-corrected chi connectivity index (χ0v) is 8.94. The first-order valence-corrected chi connectivity index (χ1v) is 5.90. The van der Waals surface area contributed by atoms with E-state index in [0.29, 0.717) is 11.1 Å². The van der Waals surface area contributed by atoms with Crippen molar-refractivity contribution in [3.63, 3.8) is 0 Å². The summed E-state index contributed by atoms with van der Waals surface area (Å²) in [4.78, 5) is 0.237. The molecule has 0 saturated heterocycles. The van der Waals surface area contributed by atoms with Gasteiger partial charge in [0.2, 0.25) is 10.0 Å². The van der Waals surface area contributed by atoms with Crippen molar-refractivity contribution in [2.45, 2.75) is 5.75 Å². The van der Waals surface area contributed by atoms with E-state index < -0.39 is 10.0 Å². The van der Waals surface area contributed by atoms with Crippen LogP contribution in [0.15, 0.2) is 24.3 Å². The Morgan fingerprint density at radius 2 is 2.07 bits per heavy atom. The van der Waals surface area contributed by atoms with Gasteiger partial charge in [-0.3, -0.25) is 0 Å². The fraction of sp³-hybridized carbons (Fsp3) is 0.125. The molecule has 4 N–H and O–H groups in total. The van der Waals surface area contributed by atoms with Crippen molar-refractivity contribution in [1.29, 1.82) is 0 Å². The van der Waals surface area contributed by atoms with Crippen molar-refractivity contribution in [3.8, 4) is 0 Å². The van der Waals surface area contributed by atoms with Crippen LogP contribution < -0.4 is 10.9 Å². The van der Waals surface area contributed by atoms with Crippen LogP contribution in [0.4, 0.5) is 0 Å². The normalized spacial score (nSPS) is 11.2. The van der Waals surface area contributed by atoms with Gasteiger partial charge in [0.05, 0.1) is 5.75 Å². The molecule has 0 aromatic heterocycles. The quantitative estimate of drug-likeness (QED) is 0.722. The number of nitrogens with two attached hydrogens (primary N) is 2. The lowest BCUT2D eigenvalue weighted by molar-refractivity contribution is 0.597. The van der Waals surface area contributed by atoms with Crippen molar-refractivity contribution >= 4 is 27.2 Å². The molecule has 4 nitrogen and oxygen atoms in total. The largest absolute Gasteiger partial charge is 0.389 e. The molecule has 6 heteroatoms. The molecule has 0 aliphatic rings. The molecule has 0 saturated carbocycles. The number of hydrogen-bond donors (Lipinski definition) is 2. The van der Waals surface area contributed by atoms with Crippen LogP contribution in [-0.2, 0) is 15.8 Å². The van der Waals surface area contributed by atoms with E-state index >= 15 is 0 Å².